The number of nitrogens with one attached hydrogen (secondary N) is 1. The highest BCUT2D eigenvalue weighted by atomic mass is 79.9. The Labute approximate surface area is 130 Å². The van der Waals surface area contributed by atoms with Gasteiger partial charge in [0.1, 0.15) is 0 Å². The fraction of sp³-hybridized carbons (Fsp3) is 0.750. The Morgan fingerprint density at radius 2 is 2.21 bits per heavy atom. The largest absolute Gasteiger partial charge is 0.313 e. The molecule has 1 saturated carbocycles. The molecule has 3 unspecified atom stereocenters. The summed E-state index contributed by atoms with van der Waals surface area (Å²) >= 11 is 5.47. The maximum atomic E-state index is 3.81. The van der Waals surface area contributed by atoms with Crippen LogP contribution >= 0.6 is 27.3 Å². The van der Waals surface area contributed by atoms with Gasteiger partial charge >= 0.3 is 0 Å². The zero-order chi connectivity index (χ0) is 13.7. The van der Waals surface area contributed by atoms with Crippen molar-refractivity contribution in [2.24, 2.45) is 11.8 Å². The minimum atomic E-state index is 0.682. The van der Waals surface area contributed by atoms with Gasteiger partial charge < -0.3 is 5.32 Å². The standard InChI is InChI=1S/C16H26BrNS/c1-3-9-18-15(11-14-7-8-16(17)19-14)13-6-5-12(4-2)10-13/h7-8,12-13,15,18H,3-6,9-11H2,1-2H3. The molecule has 1 N–H and O–H groups in total. The second-order valence-electron chi connectivity index (χ2n) is 5.82. The van der Waals surface area contributed by atoms with Crippen LogP contribution in [0.15, 0.2) is 15.9 Å². The van der Waals surface area contributed by atoms with Crippen LogP contribution in [-0.2, 0) is 6.42 Å². The summed E-state index contributed by atoms with van der Waals surface area (Å²) in [5.41, 5.74) is 0. The van der Waals surface area contributed by atoms with E-state index in [1.165, 1.54) is 47.2 Å². The Morgan fingerprint density at radius 1 is 1.37 bits per heavy atom. The second kappa shape index (κ2) is 7.80. The van der Waals surface area contributed by atoms with Crippen LogP contribution < -0.4 is 5.32 Å². The van der Waals surface area contributed by atoms with E-state index >= 15 is 0 Å². The van der Waals surface area contributed by atoms with Crippen LogP contribution in [0.1, 0.15) is 50.8 Å². The molecule has 0 bridgehead atoms. The van der Waals surface area contributed by atoms with E-state index in [0.29, 0.717) is 6.04 Å². The lowest BCUT2D eigenvalue weighted by Crippen LogP contribution is -2.37. The van der Waals surface area contributed by atoms with Crippen molar-refractivity contribution in [3.8, 4) is 0 Å². The number of hydrogen-bond acceptors (Lipinski definition) is 2. The minimum Gasteiger partial charge on any atom is -0.313 e. The summed E-state index contributed by atoms with van der Waals surface area (Å²) in [5.74, 6) is 1.86. The van der Waals surface area contributed by atoms with Crippen LogP contribution in [0.4, 0.5) is 0 Å². The zero-order valence-electron chi connectivity index (χ0n) is 12.1. The first-order valence-corrected chi connectivity index (χ1v) is 9.31. The van der Waals surface area contributed by atoms with E-state index in [1.807, 2.05) is 11.3 Å². The SMILES string of the molecule is CCCNC(Cc1ccc(Br)s1)C1CCC(CC)C1. The number of rotatable bonds is 7. The van der Waals surface area contributed by atoms with Gasteiger partial charge in [-0.2, -0.15) is 0 Å². The molecule has 1 aromatic rings. The molecule has 1 aromatic heterocycles. The van der Waals surface area contributed by atoms with Gasteiger partial charge in [-0.1, -0.05) is 26.7 Å². The lowest BCUT2D eigenvalue weighted by atomic mass is 9.93. The number of hydrogen-bond donors (Lipinski definition) is 1. The van der Waals surface area contributed by atoms with Gasteiger partial charge in [0.25, 0.3) is 0 Å². The maximum absolute atomic E-state index is 3.81. The molecule has 0 aromatic carbocycles. The van der Waals surface area contributed by atoms with E-state index in [0.717, 1.165) is 18.4 Å². The van der Waals surface area contributed by atoms with E-state index in [9.17, 15) is 0 Å². The Kier molecular flexibility index (Phi) is 6.37. The average molecular weight is 344 g/mol. The Morgan fingerprint density at radius 3 is 2.79 bits per heavy atom. The van der Waals surface area contributed by atoms with E-state index in [4.69, 9.17) is 0 Å². The Bertz CT molecular complexity index is 377. The molecule has 0 aliphatic heterocycles. The topological polar surface area (TPSA) is 12.0 Å². The van der Waals surface area contributed by atoms with Crippen molar-refractivity contribution < 1.29 is 0 Å². The highest BCUT2D eigenvalue weighted by Gasteiger charge is 2.29. The summed E-state index contributed by atoms with van der Waals surface area (Å²) in [6, 6.07) is 5.14. The first kappa shape index (κ1) is 15.5. The summed E-state index contributed by atoms with van der Waals surface area (Å²) in [7, 11) is 0. The predicted octanol–water partition coefficient (Wildman–Crippen LogP) is 5.25. The molecule has 1 nitrogen and oxygen atoms in total. The van der Waals surface area contributed by atoms with Crippen molar-refractivity contribution in [1.82, 2.24) is 5.32 Å². The fourth-order valence-electron chi connectivity index (χ4n) is 3.26. The summed E-state index contributed by atoms with van der Waals surface area (Å²) in [6.07, 6.45) is 8.10. The molecule has 1 aliphatic carbocycles. The van der Waals surface area contributed by atoms with Crippen LogP contribution in [0, 0.1) is 11.8 Å². The van der Waals surface area contributed by atoms with Crippen molar-refractivity contribution in [3.63, 3.8) is 0 Å². The zero-order valence-corrected chi connectivity index (χ0v) is 14.5. The summed E-state index contributed by atoms with van der Waals surface area (Å²) in [5, 5.41) is 3.81. The number of halogens is 1. The molecule has 2 rings (SSSR count). The molecule has 1 aliphatic rings. The third-order valence-electron chi connectivity index (χ3n) is 4.43. The van der Waals surface area contributed by atoms with Gasteiger partial charge in [-0.25, -0.2) is 0 Å². The highest BCUT2D eigenvalue weighted by Crippen LogP contribution is 2.36. The normalized spacial score (nSPS) is 24.8. The molecule has 1 fully saturated rings. The number of thiophene rings is 1. The molecule has 0 saturated heterocycles. The molecule has 19 heavy (non-hydrogen) atoms. The van der Waals surface area contributed by atoms with Gasteiger partial charge in [-0.3, -0.25) is 0 Å². The molecule has 108 valence electrons. The van der Waals surface area contributed by atoms with Crippen molar-refractivity contribution in [2.45, 2.75) is 58.4 Å². The van der Waals surface area contributed by atoms with Crippen molar-refractivity contribution in [1.29, 1.82) is 0 Å². The van der Waals surface area contributed by atoms with Gasteiger partial charge in [0.05, 0.1) is 3.79 Å². The third-order valence-corrected chi connectivity index (χ3v) is 6.08. The van der Waals surface area contributed by atoms with Gasteiger partial charge in [0, 0.05) is 10.9 Å². The Balaban J connectivity index is 1.95. The maximum Gasteiger partial charge on any atom is 0.0701 e. The molecule has 3 heteroatoms. The van der Waals surface area contributed by atoms with Crippen LogP contribution in [0.25, 0.3) is 0 Å². The van der Waals surface area contributed by atoms with Crippen LogP contribution in [0.3, 0.4) is 0 Å². The van der Waals surface area contributed by atoms with Gasteiger partial charge in [0.2, 0.25) is 0 Å². The molecule has 0 radical (unpaired) electrons. The lowest BCUT2D eigenvalue weighted by molar-refractivity contribution is 0.345. The fourth-order valence-corrected chi connectivity index (χ4v) is 4.80. The molecule has 0 amide bonds. The van der Waals surface area contributed by atoms with Gasteiger partial charge in [0.15, 0.2) is 0 Å². The van der Waals surface area contributed by atoms with E-state index in [-0.39, 0.29) is 0 Å². The summed E-state index contributed by atoms with van der Waals surface area (Å²) < 4.78 is 1.26. The second-order valence-corrected chi connectivity index (χ2v) is 8.37. The van der Waals surface area contributed by atoms with E-state index in [2.05, 4.69) is 47.2 Å². The summed E-state index contributed by atoms with van der Waals surface area (Å²) in [4.78, 5) is 1.51. The van der Waals surface area contributed by atoms with Crippen LogP contribution in [0.2, 0.25) is 0 Å². The lowest BCUT2D eigenvalue weighted by Gasteiger charge is -2.24. The molecular formula is C16H26BrNS. The minimum absolute atomic E-state index is 0.682. The quantitative estimate of drug-likeness (QED) is 0.712. The van der Waals surface area contributed by atoms with Crippen LogP contribution in [0.5, 0.6) is 0 Å². The first-order valence-electron chi connectivity index (χ1n) is 7.70. The molecule has 0 spiro atoms. The first-order chi connectivity index (χ1) is 9.22. The van der Waals surface area contributed by atoms with Crippen LogP contribution in [-0.4, -0.2) is 12.6 Å². The third kappa shape index (κ3) is 4.57. The van der Waals surface area contributed by atoms with E-state index < -0.39 is 0 Å². The van der Waals surface area contributed by atoms with Gasteiger partial charge in [-0.15, -0.1) is 11.3 Å². The van der Waals surface area contributed by atoms with Crippen molar-refractivity contribution in [3.05, 3.63) is 20.8 Å². The molecule has 1 heterocycles. The average Bonchev–Trinajstić information content (AvgIpc) is 3.03. The van der Waals surface area contributed by atoms with Crippen molar-refractivity contribution in [2.75, 3.05) is 6.54 Å². The molecule has 3 atom stereocenters. The monoisotopic (exact) mass is 343 g/mol. The predicted molar refractivity (Wildman–Crippen MR) is 88.9 cm³/mol. The highest BCUT2D eigenvalue weighted by molar-refractivity contribution is 9.11. The van der Waals surface area contributed by atoms with Gasteiger partial charge in [-0.05, 0) is 72.1 Å². The Hall–Kier alpha value is 0.140. The van der Waals surface area contributed by atoms with Crippen molar-refractivity contribution >= 4 is 27.3 Å². The smallest absolute Gasteiger partial charge is 0.0701 e. The summed E-state index contributed by atoms with van der Waals surface area (Å²) in [6.45, 7) is 5.76. The molecular weight excluding hydrogens is 318 g/mol. The van der Waals surface area contributed by atoms with E-state index in [1.54, 1.807) is 0 Å².